The zero-order chi connectivity index (χ0) is 24.6. The largest absolute Gasteiger partial charge is 0.308 e. The number of carbonyl (C=O) groups is 1. The summed E-state index contributed by atoms with van der Waals surface area (Å²) in [5.41, 5.74) is 0.0274. The second kappa shape index (κ2) is 10.1. The summed E-state index contributed by atoms with van der Waals surface area (Å²) in [7, 11) is 0.0805. The summed E-state index contributed by atoms with van der Waals surface area (Å²) in [5.74, 6) is -2.08. The fraction of sp³-hybridized carbons (Fsp3) is 0.429. The minimum Gasteiger partial charge on any atom is -0.308 e. The Labute approximate surface area is 209 Å². The fourth-order valence-electron chi connectivity index (χ4n) is 3.79. The van der Waals surface area contributed by atoms with Crippen molar-refractivity contribution in [2.45, 2.75) is 17.1 Å². The van der Waals surface area contributed by atoms with Gasteiger partial charge in [0.15, 0.2) is 10.9 Å². The van der Waals surface area contributed by atoms with Crippen molar-refractivity contribution in [1.29, 1.82) is 0 Å². The number of amides is 1. The van der Waals surface area contributed by atoms with Gasteiger partial charge >= 0.3 is 0 Å². The van der Waals surface area contributed by atoms with E-state index in [4.69, 9.17) is 11.6 Å². The van der Waals surface area contributed by atoms with Gasteiger partial charge in [-0.2, -0.15) is 4.31 Å². The van der Waals surface area contributed by atoms with Crippen molar-refractivity contribution < 1.29 is 22.0 Å². The monoisotopic (exact) mass is 548 g/mol. The predicted octanol–water partition coefficient (Wildman–Crippen LogP) is 4.28. The van der Waals surface area contributed by atoms with Gasteiger partial charge in [0.2, 0.25) is 5.91 Å². The maximum Gasteiger partial charge on any atom is 0.252 e. The fourth-order valence-corrected chi connectivity index (χ4v) is 7.93. The van der Waals surface area contributed by atoms with Gasteiger partial charge in [-0.05, 0) is 45.1 Å². The Balaban J connectivity index is 1.53. The van der Waals surface area contributed by atoms with E-state index in [0.717, 1.165) is 28.7 Å². The van der Waals surface area contributed by atoms with Crippen molar-refractivity contribution in [3.8, 4) is 0 Å². The van der Waals surface area contributed by atoms with Crippen LogP contribution in [0, 0.1) is 17.6 Å². The molecule has 1 amide bonds. The van der Waals surface area contributed by atoms with Crippen LogP contribution in [0.5, 0.6) is 0 Å². The number of sulfonamides is 1. The molecule has 0 unspecified atom stereocenters. The van der Waals surface area contributed by atoms with Crippen molar-refractivity contribution in [3.05, 3.63) is 40.2 Å². The number of rotatable bonds is 7. The molecular formula is C21H23ClF2N4O3S3. The number of anilines is 1. The van der Waals surface area contributed by atoms with Crippen molar-refractivity contribution in [3.63, 3.8) is 0 Å². The Morgan fingerprint density at radius 1 is 1.18 bits per heavy atom. The zero-order valence-corrected chi connectivity index (χ0v) is 21.7. The zero-order valence-electron chi connectivity index (χ0n) is 18.5. The highest BCUT2D eigenvalue weighted by molar-refractivity contribution is 7.91. The summed E-state index contributed by atoms with van der Waals surface area (Å²) < 4.78 is 55.9. The summed E-state index contributed by atoms with van der Waals surface area (Å²) in [4.78, 5) is 21.2. The van der Waals surface area contributed by atoms with Crippen molar-refractivity contribution >= 4 is 65.6 Å². The maximum absolute atomic E-state index is 14.2. The van der Waals surface area contributed by atoms with Crippen LogP contribution in [-0.4, -0.2) is 68.8 Å². The summed E-state index contributed by atoms with van der Waals surface area (Å²) in [6.45, 7) is 1.28. The molecule has 1 fully saturated rings. The lowest BCUT2D eigenvalue weighted by molar-refractivity contribution is -0.123. The third-order valence-electron chi connectivity index (χ3n) is 5.62. The van der Waals surface area contributed by atoms with E-state index < -0.39 is 27.6 Å². The van der Waals surface area contributed by atoms with E-state index in [9.17, 15) is 22.0 Å². The first-order valence-corrected chi connectivity index (χ1v) is 14.0. The van der Waals surface area contributed by atoms with E-state index in [2.05, 4.69) is 4.98 Å². The van der Waals surface area contributed by atoms with Gasteiger partial charge in [-0.1, -0.05) is 22.9 Å². The van der Waals surface area contributed by atoms with Crippen LogP contribution < -0.4 is 4.90 Å². The molecule has 0 atom stereocenters. The standard InChI is InChI=1S/C21H23ClF2N4O3S3/c1-26(2)9-10-28(21-25-19-15(24)11-14(23)12-16(19)32-21)20(29)13-5-7-27(8-6-13)34(30,31)18-4-3-17(22)33-18/h3-4,11-13H,5-10H2,1-2H3. The van der Waals surface area contributed by atoms with Crippen molar-refractivity contribution in [2.75, 3.05) is 45.2 Å². The van der Waals surface area contributed by atoms with Crippen LogP contribution in [0.1, 0.15) is 12.8 Å². The highest BCUT2D eigenvalue weighted by atomic mass is 35.5. The van der Waals surface area contributed by atoms with E-state index in [0.29, 0.717) is 40.1 Å². The number of halogens is 3. The maximum atomic E-state index is 14.2. The Bertz CT molecular complexity index is 1300. The number of hydrogen-bond donors (Lipinski definition) is 0. The molecular weight excluding hydrogens is 526 g/mol. The van der Waals surface area contributed by atoms with E-state index >= 15 is 0 Å². The first kappa shape index (κ1) is 25.4. The normalized spacial score (nSPS) is 15.9. The van der Waals surface area contributed by atoms with Gasteiger partial charge in [0.1, 0.15) is 15.5 Å². The van der Waals surface area contributed by atoms with Gasteiger partial charge in [-0.3, -0.25) is 9.69 Å². The lowest BCUT2D eigenvalue weighted by Crippen LogP contribution is -2.45. The van der Waals surface area contributed by atoms with Crippen LogP contribution in [0.3, 0.4) is 0 Å². The smallest absolute Gasteiger partial charge is 0.252 e. The summed E-state index contributed by atoms with van der Waals surface area (Å²) in [6, 6.07) is 5.01. The van der Waals surface area contributed by atoms with E-state index in [-0.39, 0.29) is 28.7 Å². The molecule has 2 aromatic heterocycles. The van der Waals surface area contributed by atoms with E-state index in [1.807, 2.05) is 19.0 Å². The number of thiazole rings is 1. The van der Waals surface area contributed by atoms with Crippen LogP contribution in [-0.2, 0) is 14.8 Å². The summed E-state index contributed by atoms with van der Waals surface area (Å²) in [5, 5.41) is 0.301. The van der Waals surface area contributed by atoms with Gasteiger partial charge in [-0.25, -0.2) is 22.2 Å². The number of nitrogens with zero attached hydrogens (tertiary/aromatic N) is 4. The highest BCUT2D eigenvalue weighted by Crippen LogP contribution is 2.34. The molecule has 1 aliphatic heterocycles. The minimum absolute atomic E-state index is 0.0274. The molecule has 7 nitrogen and oxygen atoms in total. The Morgan fingerprint density at radius 2 is 1.88 bits per heavy atom. The number of carbonyl (C=O) groups excluding carboxylic acids is 1. The molecule has 34 heavy (non-hydrogen) atoms. The number of fused-ring (bicyclic) bond motifs is 1. The third-order valence-corrected chi connectivity index (χ3v) is 10.2. The van der Waals surface area contributed by atoms with Crippen molar-refractivity contribution in [2.24, 2.45) is 5.92 Å². The molecule has 0 saturated carbocycles. The van der Waals surface area contributed by atoms with Gasteiger partial charge < -0.3 is 4.90 Å². The number of piperidine rings is 1. The topological polar surface area (TPSA) is 73.8 Å². The van der Waals surface area contributed by atoms with Gasteiger partial charge in [0.25, 0.3) is 10.0 Å². The SMILES string of the molecule is CN(C)CCN(C(=O)C1CCN(S(=O)(=O)c2ccc(Cl)s2)CC1)c1nc2c(F)cc(F)cc2s1. The second-order valence-corrected chi connectivity index (χ2v) is 13.1. The average molecular weight is 549 g/mol. The molecule has 1 aromatic carbocycles. The molecule has 1 saturated heterocycles. The molecule has 0 spiro atoms. The van der Waals surface area contributed by atoms with Crippen LogP contribution in [0.2, 0.25) is 4.34 Å². The average Bonchev–Trinajstić information content (AvgIpc) is 3.40. The highest BCUT2D eigenvalue weighted by Gasteiger charge is 2.35. The second-order valence-electron chi connectivity index (χ2n) is 8.26. The van der Waals surface area contributed by atoms with Gasteiger partial charge in [0, 0.05) is 38.2 Å². The molecule has 3 heterocycles. The summed E-state index contributed by atoms with van der Waals surface area (Å²) in [6.07, 6.45) is 0.701. The van der Waals surface area contributed by atoms with Gasteiger partial charge in [-0.15, -0.1) is 11.3 Å². The minimum atomic E-state index is -3.66. The lowest BCUT2D eigenvalue weighted by atomic mass is 9.96. The van der Waals surface area contributed by atoms with E-state index in [1.165, 1.54) is 21.3 Å². The lowest BCUT2D eigenvalue weighted by Gasteiger charge is -2.33. The molecule has 13 heteroatoms. The Kier molecular flexibility index (Phi) is 7.56. The Hall–Kier alpha value is -1.70. The molecule has 0 N–H and O–H groups in total. The molecule has 4 rings (SSSR count). The van der Waals surface area contributed by atoms with Crippen LogP contribution in [0.4, 0.5) is 13.9 Å². The molecule has 184 valence electrons. The van der Waals surface area contributed by atoms with E-state index in [1.54, 1.807) is 6.07 Å². The Morgan fingerprint density at radius 3 is 2.50 bits per heavy atom. The van der Waals surface area contributed by atoms with Crippen LogP contribution in [0.15, 0.2) is 28.5 Å². The number of aromatic nitrogens is 1. The number of thiophene rings is 1. The van der Waals surface area contributed by atoms with Gasteiger partial charge in [0.05, 0.1) is 9.04 Å². The summed E-state index contributed by atoms with van der Waals surface area (Å²) >= 11 is 7.96. The van der Waals surface area contributed by atoms with Crippen LogP contribution in [0.25, 0.3) is 10.2 Å². The van der Waals surface area contributed by atoms with Crippen LogP contribution >= 0.6 is 34.3 Å². The first-order chi connectivity index (χ1) is 16.1. The molecule has 0 aliphatic carbocycles. The molecule has 3 aromatic rings. The number of benzene rings is 1. The first-order valence-electron chi connectivity index (χ1n) is 10.5. The number of hydrogen-bond acceptors (Lipinski definition) is 7. The quantitative estimate of drug-likeness (QED) is 0.440. The number of likely N-dealkylation sites (N-methyl/N-ethyl adjacent to an activating group) is 1. The third kappa shape index (κ3) is 5.26. The molecule has 0 radical (unpaired) electrons. The molecule has 1 aliphatic rings. The predicted molar refractivity (Wildman–Crippen MR) is 131 cm³/mol. The molecule has 0 bridgehead atoms. The van der Waals surface area contributed by atoms with Crippen molar-refractivity contribution in [1.82, 2.24) is 14.2 Å².